The highest BCUT2D eigenvalue weighted by atomic mass is 16.5. The van der Waals surface area contributed by atoms with Gasteiger partial charge in [-0.15, -0.1) is 0 Å². The first-order chi connectivity index (χ1) is 7.61. The maximum absolute atomic E-state index is 10.9. The fourth-order valence-electron chi connectivity index (χ4n) is 1.94. The standard InChI is InChI=1S/C11H15NO4/c1-3-8-9(11(13)14)16-10(12-8)7-4-6(2)15-5-7/h6-7H,3-5H2,1-2H3,(H,13,14). The van der Waals surface area contributed by atoms with E-state index in [2.05, 4.69) is 4.98 Å². The molecule has 2 rings (SSSR count). The Kier molecular flexibility index (Phi) is 2.96. The van der Waals surface area contributed by atoms with Crippen molar-refractivity contribution in [2.24, 2.45) is 0 Å². The van der Waals surface area contributed by atoms with Crippen LogP contribution in [0, 0.1) is 0 Å². The molecule has 1 fully saturated rings. The lowest BCUT2D eigenvalue weighted by Crippen LogP contribution is -1.98. The summed E-state index contributed by atoms with van der Waals surface area (Å²) in [4.78, 5) is 15.1. The summed E-state index contributed by atoms with van der Waals surface area (Å²) >= 11 is 0. The van der Waals surface area contributed by atoms with Crippen LogP contribution in [0.3, 0.4) is 0 Å². The van der Waals surface area contributed by atoms with Crippen LogP contribution in [0.25, 0.3) is 0 Å². The predicted molar refractivity (Wildman–Crippen MR) is 55.6 cm³/mol. The zero-order valence-electron chi connectivity index (χ0n) is 9.40. The number of oxazole rings is 1. The maximum Gasteiger partial charge on any atom is 0.373 e. The average Bonchev–Trinajstić information content (AvgIpc) is 2.82. The van der Waals surface area contributed by atoms with Crippen LogP contribution in [0.4, 0.5) is 0 Å². The highest BCUT2D eigenvalue weighted by Gasteiger charge is 2.29. The number of aryl methyl sites for hydroxylation is 1. The van der Waals surface area contributed by atoms with Crippen molar-refractivity contribution in [2.75, 3.05) is 6.61 Å². The molecule has 5 nitrogen and oxygen atoms in total. The van der Waals surface area contributed by atoms with Gasteiger partial charge in [-0.1, -0.05) is 6.92 Å². The molecular formula is C11H15NO4. The van der Waals surface area contributed by atoms with Crippen LogP contribution in [0.15, 0.2) is 4.42 Å². The summed E-state index contributed by atoms with van der Waals surface area (Å²) < 4.78 is 10.7. The predicted octanol–water partition coefficient (Wildman–Crippen LogP) is 1.83. The Bertz CT molecular complexity index is 399. The number of nitrogens with zero attached hydrogens (tertiary/aromatic N) is 1. The van der Waals surface area contributed by atoms with Gasteiger partial charge in [-0.25, -0.2) is 9.78 Å². The molecule has 1 aromatic rings. The van der Waals surface area contributed by atoms with Gasteiger partial charge in [0.15, 0.2) is 0 Å². The van der Waals surface area contributed by atoms with Gasteiger partial charge in [0, 0.05) is 0 Å². The SMILES string of the molecule is CCc1nc(C2COC(C)C2)oc1C(=O)O. The van der Waals surface area contributed by atoms with Crippen LogP contribution in [-0.2, 0) is 11.2 Å². The van der Waals surface area contributed by atoms with Gasteiger partial charge in [0.2, 0.25) is 11.7 Å². The van der Waals surface area contributed by atoms with Crippen LogP contribution in [0.1, 0.15) is 48.3 Å². The Labute approximate surface area is 93.4 Å². The number of rotatable bonds is 3. The fourth-order valence-corrected chi connectivity index (χ4v) is 1.94. The van der Waals surface area contributed by atoms with Crippen LogP contribution < -0.4 is 0 Å². The third-order valence-corrected chi connectivity index (χ3v) is 2.79. The minimum absolute atomic E-state index is 0.0305. The smallest absolute Gasteiger partial charge is 0.373 e. The summed E-state index contributed by atoms with van der Waals surface area (Å²) in [7, 11) is 0. The van der Waals surface area contributed by atoms with Gasteiger partial charge < -0.3 is 14.3 Å². The Morgan fingerprint density at radius 2 is 2.38 bits per heavy atom. The van der Waals surface area contributed by atoms with Gasteiger partial charge >= 0.3 is 5.97 Å². The molecule has 16 heavy (non-hydrogen) atoms. The van der Waals surface area contributed by atoms with E-state index in [4.69, 9.17) is 14.3 Å². The summed E-state index contributed by atoms with van der Waals surface area (Å²) in [5.74, 6) is -0.494. The number of ether oxygens (including phenoxy) is 1. The summed E-state index contributed by atoms with van der Waals surface area (Å²) in [5.41, 5.74) is 0.516. The van der Waals surface area contributed by atoms with Gasteiger partial charge in [-0.05, 0) is 19.8 Å². The molecule has 0 bridgehead atoms. The zero-order valence-corrected chi connectivity index (χ0v) is 9.40. The third kappa shape index (κ3) is 1.95. The number of aromatic carboxylic acids is 1. The molecule has 0 amide bonds. The second kappa shape index (κ2) is 4.25. The highest BCUT2D eigenvalue weighted by Crippen LogP contribution is 2.30. The zero-order chi connectivity index (χ0) is 11.7. The molecule has 1 N–H and O–H groups in total. The van der Waals surface area contributed by atoms with E-state index in [9.17, 15) is 4.79 Å². The summed E-state index contributed by atoms with van der Waals surface area (Å²) in [5, 5.41) is 8.94. The number of hydrogen-bond donors (Lipinski definition) is 1. The quantitative estimate of drug-likeness (QED) is 0.849. The van der Waals surface area contributed by atoms with Gasteiger partial charge in [-0.3, -0.25) is 0 Å². The average molecular weight is 225 g/mol. The summed E-state index contributed by atoms with van der Waals surface area (Å²) in [6.07, 6.45) is 1.59. The van der Waals surface area contributed by atoms with Crippen molar-refractivity contribution in [2.45, 2.75) is 38.7 Å². The molecule has 5 heteroatoms. The maximum atomic E-state index is 10.9. The first-order valence-electron chi connectivity index (χ1n) is 5.46. The van der Waals surface area contributed by atoms with E-state index >= 15 is 0 Å². The second-order valence-corrected chi connectivity index (χ2v) is 4.06. The molecule has 0 spiro atoms. The molecule has 2 unspecified atom stereocenters. The monoisotopic (exact) mass is 225 g/mol. The van der Waals surface area contributed by atoms with Crippen LogP contribution in [-0.4, -0.2) is 28.8 Å². The van der Waals surface area contributed by atoms with E-state index in [1.807, 2.05) is 13.8 Å². The van der Waals surface area contributed by atoms with Crippen LogP contribution in [0.2, 0.25) is 0 Å². The number of carboxylic acid groups (broad SMARTS) is 1. The first-order valence-corrected chi connectivity index (χ1v) is 5.46. The largest absolute Gasteiger partial charge is 0.475 e. The molecule has 1 aliphatic rings. The van der Waals surface area contributed by atoms with E-state index in [-0.39, 0.29) is 17.8 Å². The summed E-state index contributed by atoms with van der Waals surface area (Å²) in [6.45, 7) is 4.41. The van der Waals surface area contributed by atoms with E-state index in [1.165, 1.54) is 0 Å². The normalized spacial score (nSPS) is 24.9. The second-order valence-electron chi connectivity index (χ2n) is 4.06. The molecule has 1 aliphatic heterocycles. The number of carboxylic acids is 1. The van der Waals surface area contributed by atoms with Crippen molar-refractivity contribution in [3.05, 3.63) is 17.3 Å². The summed E-state index contributed by atoms with van der Waals surface area (Å²) in [6, 6.07) is 0. The molecule has 1 saturated heterocycles. The van der Waals surface area contributed by atoms with Crippen molar-refractivity contribution >= 4 is 5.97 Å². The van der Waals surface area contributed by atoms with Gasteiger partial charge in [-0.2, -0.15) is 0 Å². The van der Waals surface area contributed by atoms with Gasteiger partial charge in [0.1, 0.15) is 0 Å². The molecule has 0 radical (unpaired) electrons. The Balaban J connectivity index is 2.25. The van der Waals surface area contributed by atoms with E-state index in [0.717, 1.165) is 6.42 Å². The first kappa shape index (κ1) is 11.1. The number of aromatic nitrogens is 1. The molecule has 0 aromatic carbocycles. The van der Waals surface area contributed by atoms with Crippen molar-refractivity contribution in [1.82, 2.24) is 4.98 Å². The van der Waals surface area contributed by atoms with Crippen molar-refractivity contribution < 1.29 is 19.1 Å². The molecule has 0 aliphatic carbocycles. The van der Waals surface area contributed by atoms with E-state index in [0.29, 0.717) is 24.6 Å². The Morgan fingerprint density at radius 1 is 1.62 bits per heavy atom. The van der Waals surface area contributed by atoms with Crippen LogP contribution in [0.5, 0.6) is 0 Å². The molecule has 0 saturated carbocycles. The lowest BCUT2D eigenvalue weighted by Gasteiger charge is -1.99. The Hall–Kier alpha value is -1.36. The molecule has 2 heterocycles. The highest BCUT2D eigenvalue weighted by molar-refractivity contribution is 5.85. The molecular weight excluding hydrogens is 210 g/mol. The van der Waals surface area contributed by atoms with Crippen molar-refractivity contribution in [3.8, 4) is 0 Å². The minimum Gasteiger partial charge on any atom is -0.475 e. The Morgan fingerprint density at radius 3 is 2.81 bits per heavy atom. The topological polar surface area (TPSA) is 72.6 Å². The van der Waals surface area contributed by atoms with Crippen molar-refractivity contribution in [3.63, 3.8) is 0 Å². The van der Waals surface area contributed by atoms with E-state index in [1.54, 1.807) is 0 Å². The molecule has 2 atom stereocenters. The van der Waals surface area contributed by atoms with Crippen LogP contribution >= 0.6 is 0 Å². The lowest BCUT2D eigenvalue weighted by molar-refractivity contribution is 0.0657. The molecule has 88 valence electrons. The fraction of sp³-hybridized carbons (Fsp3) is 0.636. The van der Waals surface area contributed by atoms with E-state index < -0.39 is 5.97 Å². The number of carbonyl (C=O) groups is 1. The van der Waals surface area contributed by atoms with Gasteiger partial charge in [0.25, 0.3) is 0 Å². The van der Waals surface area contributed by atoms with Crippen molar-refractivity contribution in [1.29, 1.82) is 0 Å². The minimum atomic E-state index is -1.05. The third-order valence-electron chi connectivity index (χ3n) is 2.79. The number of hydrogen-bond acceptors (Lipinski definition) is 4. The van der Waals surface area contributed by atoms with Gasteiger partial charge in [0.05, 0.1) is 24.3 Å². The molecule has 1 aromatic heterocycles. The lowest BCUT2D eigenvalue weighted by atomic mass is 10.1.